The van der Waals surface area contributed by atoms with E-state index >= 15 is 0 Å². The number of aryl methyl sites for hydroxylation is 1. The number of carbonyl (C=O) groups is 3. The van der Waals surface area contributed by atoms with Crippen LogP contribution in [0.3, 0.4) is 0 Å². The number of likely N-dealkylation sites (N-methyl/N-ethyl adjacent to an activating group) is 1. The van der Waals surface area contributed by atoms with E-state index in [1.54, 1.807) is 0 Å². The van der Waals surface area contributed by atoms with Crippen LogP contribution >= 0.6 is 0 Å². The van der Waals surface area contributed by atoms with Gasteiger partial charge in [0.05, 0.1) is 0 Å². The summed E-state index contributed by atoms with van der Waals surface area (Å²) in [6, 6.07) is 12.6. The molecule has 0 spiro atoms. The highest BCUT2D eigenvalue weighted by Gasteiger charge is 2.28. The largest absolute Gasteiger partial charge is 0.461 e. The minimum Gasteiger partial charge on any atom is -0.461 e. The second-order valence-electron chi connectivity index (χ2n) is 8.96. The Hall–Kier alpha value is -3.32. The number of esters is 1. The van der Waals surface area contributed by atoms with E-state index < -0.39 is 23.6 Å². The molecule has 0 aromatic heterocycles. The molecule has 2 aromatic rings. The van der Waals surface area contributed by atoms with Crippen LogP contribution in [0.25, 0.3) is 0 Å². The quantitative estimate of drug-likeness (QED) is 0.307. The van der Waals surface area contributed by atoms with Gasteiger partial charge in [-0.3, -0.25) is 14.5 Å². The van der Waals surface area contributed by atoms with Gasteiger partial charge in [-0.2, -0.15) is 0 Å². The lowest BCUT2D eigenvalue weighted by atomic mass is 9.94. The standard InChI is InChI=1S/C28H33FN2O4/c1-20-8-6-7-11-24(20)27(28(34)30-23-9-4-3-5-10-23)31(2)18-19-35-26(33)17-16-25(32)21-12-14-22(29)15-13-21/h6-8,11-17,23,27H,3-5,9-10,18-19H2,1-2H3,(H,30,34). The average molecular weight is 481 g/mol. The summed E-state index contributed by atoms with van der Waals surface area (Å²) < 4.78 is 18.2. The third-order valence-electron chi connectivity index (χ3n) is 6.31. The van der Waals surface area contributed by atoms with E-state index in [9.17, 15) is 18.8 Å². The molecule has 1 fully saturated rings. The first kappa shape index (κ1) is 26.3. The summed E-state index contributed by atoms with van der Waals surface area (Å²) in [5, 5.41) is 3.22. The van der Waals surface area contributed by atoms with Crippen molar-refractivity contribution in [1.29, 1.82) is 0 Å². The van der Waals surface area contributed by atoms with Gasteiger partial charge in [0.15, 0.2) is 5.78 Å². The molecular weight excluding hydrogens is 447 g/mol. The number of nitrogens with zero attached hydrogens (tertiary/aromatic N) is 1. The van der Waals surface area contributed by atoms with Crippen LogP contribution in [0.5, 0.6) is 0 Å². The van der Waals surface area contributed by atoms with Gasteiger partial charge in [-0.15, -0.1) is 0 Å². The number of hydrogen-bond donors (Lipinski definition) is 1. The summed E-state index contributed by atoms with van der Waals surface area (Å²) in [6.07, 6.45) is 7.62. The van der Waals surface area contributed by atoms with Gasteiger partial charge < -0.3 is 10.1 Å². The van der Waals surface area contributed by atoms with E-state index in [0.717, 1.165) is 49.0 Å². The number of ketones is 1. The Balaban J connectivity index is 1.57. The van der Waals surface area contributed by atoms with Crippen molar-refractivity contribution < 1.29 is 23.5 Å². The van der Waals surface area contributed by atoms with Crippen molar-refractivity contribution in [3.63, 3.8) is 0 Å². The summed E-state index contributed by atoms with van der Waals surface area (Å²) in [5.41, 5.74) is 2.21. The fraction of sp³-hybridized carbons (Fsp3) is 0.393. The molecule has 3 rings (SSSR count). The number of carbonyl (C=O) groups excluding carboxylic acids is 3. The summed E-state index contributed by atoms with van der Waals surface area (Å²) in [5.74, 6) is -1.57. The molecule has 0 bridgehead atoms. The van der Waals surface area contributed by atoms with Gasteiger partial charge >= 0.3 is 5.97 Å². The van der Waals surface area contributed by atoms with Gasteiger partial charge in [-0.25, -0.2) is 9.18 Å². The minimum atomic E-state index is -0.659. The van der Waals surface area contributed by atoms with Crippen molar-refractivity contribution in [3.8, 4) is 0 Å². The molecule has 1 aliphatic rings. The number of amides is 1. The van der Waals surface area contributed by atoms with Crippen molar-refractivity contribution >= 4 is 17.7 Å². The van der Waals surface area contributed by atoms with Gasteiger partial charge in [0.25, 0.3) is 0 Å². The van der Waals surface area contributed by atoms with Crippen LogP contribution < -0.4 is 5.32 Å². The zero-order valence-electron chi connectivity index (χ0n) is 20.3. The van der Waals surface area contributed by atoms with Crippen LogP contribution in [0.1, 0.15) is 59.6 Å². The van der Waals surface area contributed by atoms with Gasteiger partial charge in [-0.05, 0) is 68.3 Å². The Labute approximate surface area is 206 Å². The topological polar surface area (TPSA) is 75.7 Å². The number of halogens is 1. The smallest absolute Gasteiger partial charge is 0.330 e. The van der Waals surface area contributed by atoms with Crippen molar-refractivity contribution in [1.82, 2.24) is 10.2 Å². The number of hydrogen-bond acceptors (Lipinski definition) is 5. The Morgan fingerprint density at radius 1 is 1.06 bits per heavy atom. The van der Waals surface area contributed by atoms with Crippen LogP contribution in [0.15, 0.2) is 60.7 Å². The number of benzene rings is 2. The molecule has 186 valence electrons. The van der Waals surface area contributed by atoms with Gasteiger partial charge in [0.2, 0.25) is 5.91 Å². The van der Waals surface area contributed by atoms with Crippen molar-refractivity contribution in [3.05, 3.63) is 83.2 Å². The maximum atomic E-state index is 13.3. The second-order valence-corrected chi connectivity index (χ2v) is 8.96. The molecule has 1 N–H and O–H groups in total. The maximum Gasteiger partial charge on any atom is 0.330 e. The van der Waals surface area contributed by atoms with Crippen LogP contribution in [-0.2, 0) is 14.3 Å². The van der Waals surface area contributed by atoms with Crippen LogP contribution in [0, 0.1) is 12.7 Å². The summed E-state index contributed by atoms with van der Waals surface area (Å²) in [6.45, 7) is 2.37. The fourth-order valence-corrected chi connectivity index (χ4v) is 4.32. The molecule has 0 saturated heterocycles. The molecule has 1 atom stereocenters. The monoisotopic (exact) mass is 480 g/mol. The fourth-order valence-electron chi connectivity index (χ4n) is 4.32. The van der Waals surface area contributed by atoms with E-state index in [-0.39, 0.29) is 24.1 Å². The van der Waals surface area contributed by atoms with Gasteiger partial charge in [0, 0.05) is 24.2 Å². The minimum absolute atomic E-state index is 0.0511. The van der Waals surface area contributed by atoms with Gasteiger partial charge in [-0.1, -0.05) is 43.5 Å². The van der Waals surface area contributed by atoms with E-state index in [4.69, 9.17) is 4.74 Å². The molecule has 1 unspecified atom stereocenters. The molecule has 6 nitrogen and oxygen atoms in total. The second kappa shape index (κ2) is 13.0. The van der Waals surface area contributed by atoms with E-state index in [0.29, 0.717) is 6.54 Å². The first-order valence-corrected chi connectivity index (χ1v) is 12.1. The molecule has 1 amide bonds. The molecule has 7 heteroatoms. The lowest BCUT2D eigenvalue weighted by molar-refractivity contribution is -0.138. The summed E-state index contributed by atoms with van der Waals surface area (Å²) >= 11 is 0. The first-order chi connectivity index (χ1) is 16.8. The van der Waals surface area contributed by atoms with E-state index in [2.05, 4.69) is 5.32 Å². The maximum absolute atomic E-state index is 13.3. The van der Waals surface area contributed by atoms with Crippen molar-refractivity contribution in [2.75, 3.05) is 20.2 Å². The van der Waals surface area contributed by atoms with Crippen LogP contribution in [0.2, 0.25) is 0 Å². The van der Waals surface area contributed by atoms with Gasteiger partial charge in [0.1, 0.15) is 18.5 Å². The average Bonchev–Trinajstić information content (AvgIpc) is 2.85. The number of ether oxygens (including phenoxy) is 1. The van der Waals surface area contributed by atoms with Crippen molar-refractivity contribution in [2.24, 2.45) is 0 Å². The predicted molar refractivity (Wildman–Crippen MR) is 132 cm³/mol. The van der Waals surface area contributed by atoms with Crippen LogP contribution in [0.4, 0.5) is 4.39 Å². The number of nitrogens with one attached hydrogen (secondary N) is 1. The highest BCUT2D eigenvalue weighted by molar-refractivity contribution is 6.06. The molecule has 0 radical (unpaired) electrons. The lowest BCUT2D eigenvalue weighted by Crippen LogP contribution is -2.45. The molecule has 35 heavy (non-hydrogen) atoms. The molecule has 2 aromatic carbocycles. The Bertz CT molecular complexity index is 1050. The Kier molecular flexibility index (Phi) is 9.73. The molecule has 1 saturated carbocycles. The number of allylic oxidation sites excluding steroid dienone is 1. The summed E-state index contributed by atoms with van der Waals surface area (Å²) in [7, 11) is 1.83. The molecular formula is C28H33FN2O4. The highest BCUT2D eigenvalue weighted by atomic mass is 19.1. The van der Waals surface area contributed by atoms with E-state index in [1.807, 2.05) is 43.1 Å². The highest BCUT2D eigenvalue weighted by Crippen LogP contribution is 2.25. The first-order valence-electron chi connectivity index (χ1n) is 12.1. The molecule has 0 aliphatic heterocycles. The van der Waals surface area contributed by atoms with Crippen LogP contribution in [-0.4, -0.2) is 48.8 Å². The zero-order chi connectivity index (χ0) is 25.2. The SMILES string of the molecule is Cc1ccccc1C(C(=O)NC1CCCCC1)N(C)CCOC(=O)C=CC(=O)c1ccc(F)cc1. The predicted octanol–water partition coefficient (Wildman–Crippen LogP) is 4.54. The zero-order valence-corrected chi connectivity index (χ0v) is 20.3. The lowest BCUT2D eigenvalue weighted by Gasteiger charge is -2.31. The Morgan fingerprint density at radius 2 is 1.74 bits per heavy atom. The molecule has 1 aliphatic carbocycles. The summed E-state index contributed by atoms with van der Waals surface area (Å²) in [4.78, 5) is 39.4. The Morgan fingerprint density at radius 3 is 2.43 bits per heavy atom. The third-order valence-corrected chi connectivity index (χ3v) is 6.31. The van der Waals surface area contributed by atoms with Crippen molar-refractivity contribution in [2.45, 2.75) is 51.1 Å². The normalized spacial score (nSPS) is 15.2. The number of rotatable bonds is 10. The third kappa shape index (κ3) is 7.86. The van der Waals surface area contributed by atoms with E-state index in [1.165, 1.54) is 30.7 Å². The molecule has 0 heterocycles.